The van der Waals surface area contributed by atoms with Gasteiger partial charge in [0.2, 0.25) is 0 Å². The van der Waals surface area contributed by atoms with Crippen molar-refractivity contribution >= 4 is 16.9 Å². The molecule has 0 unspecified atom stereocenters. The summed E-state index contributed by atoms with van der Waals surface area (Å²) in [7, 11) is 0. The molecular formula is C24H22N6O2. The minimum absolute atomic E-state index is 0.185. The Bertz CT molecular complexity index is 1360. The van der Waals surface area contributed by atoms with E-state index in [9.17, 15) is 5.11 Å². The van der Waals surface area contributed by atoms with Gasteiger partial charge in [0.25, 0.3) is 0 Å². The molecule has 0 atom stereocenters. The second-order valence-electron chi connectivity index (χ2n) is 7.42. The number of aromatic nitrogens is 5. The van der Waals surface area contributed by atoms with Crippen LogP contribution in [0.1, 0.15) is 6.42 Å². The van der Waals surface area contributed by atoms with Crippen molar-refractivity contribution in [3.8, 4) is 28.3 Å². The van der Waals surface area contributed by atoms with Gasteiger partial charge in [0.15, 0.2) is 5.65 Å². The molecule has 8 heteroatoms. The fraction of sp³-hybridized carbons (Fsp3) is 0.125. The number of hydrogen-bond donors (Lipinski definition) is 2. The molecule has 3 N–H and O–H groups in total. The fourth-order valence-corrected chi connectivity index (χ4v) is 3.75. The quantitative estimate of drug-likeness (QED) is 0.381. The van der Waals surface area contributed by atoms with Crippen molar-refractivity contribution in [2.45, 2.75) is 13.0 Å². The molecule has 3 aromatic heterocycles. The molecule has 0 fully saturated rings. The SMILES string of the molecule is Nc1ncnc2c1c(-c1cccc(O)c1)cn2-c1cccc(OCCCn2ccnc2)c1. The van der Waals surface area contributed by atoms with E-state index in [2.05, 4.69) is 15.0 Å². The minimum atomic E-state index is 0.185. The minimum Gasteiger partial charge on any atom is -0.508 e. The molecule has 2 aromatic carbocycles. The number of anilines is 1. The Morgan fingerprint density at radius 3 is 2.81 bits per heavy atom. The molecule has 5 rings (SSSR count). The van der Waals surface area contributed by atoms with Crippen molar-refractivity contribution in [1.29, 1.82) is 0 Å². The molecule has 160 valence electrons. The predicted octanol–water partition coefficient (Wildman–Crippen LogP) is 4.04. The van der Waals surface area contributed by atoms with Crippen molar-refractivity contribution in [3.63, 3.8) is 0 Å². The van der Waals surface area contributed by atoms with E-state index in [1.54, 1.807) is 30.7 Å². The van der Waals surface area contributed by atoms with E-state index < -0.39 is 0 Å². The number of rotatable bonds is 7. The predicted molar refractivity (Wildman–Crippen MR) is 123 cm³/mol. The van der Waals surface area contributed by atoms with Gasteiger partial charge in [0, 0.05) is 36.8 Å². The molecule has 0 saturated heterocycles. The molecule has 5 aromatic rings. The van der Waals surface area contributed by atoms with Crippen LogP contribution in [0.15, 0.2) is 79.8 Å². The number of hydrogen-bond acceptors (Lipinski definition) is 6. The first-order valence-electron chi connectivity index (χ1n) is 10.3. The number of nitrogens with two attached hydrogens (primary N) is 1. The molecule has 0 saturated carbocycles. The summed E-state index contributed by atoms with van der Waals surface area (Å²) in [5, 5.41) is 10.7. The van der Waals surface area contributed by atoms with Crippen molar-refractivity contribution < 1.29 is 9.84 Å². The van der Waals surface area contributed by atoms with Crippen LogP contribution in [0.5, 0.6) is 11.5 Å². The summed E-state index contributed by atoms with van der Waals surface area (Å²) in [6.45, 7) is 1.45. The third kappa shape index (κ3) is 3.85. The Balaban J connectivity index is 1.46. The van der Waals surface area contributed by atoms with Crippen LogP contribution in [0.4, 0.5) is 5.82 Å². The second kappa shape index (κ2) is 8.43. The number of fused-ring (bicyclic) bond motifs is 1. The summed E-state index contributed by atoms with van der Waals surface area (Å²) in [6.07, 6.45) is 9.80. The number of ether oxygens (including phenoxy) is 1. The van der Waals surface area contributed by atoms with E-state index in [0.29, 0.717) is 18.1 Å². The van der Waals surface area contributed by atoms with Gasteiger partial charge in [-0.2, -0.15) is 0 Å². The highest BCUT2D eigenvalue weighted by molar-refractivity contribution is 6.01. The van der Waals surface area contributed by atoms with Crippen LogP contribution in [-0.4, -0.2) is 35.8 Å². The molecule has 32 heavy (non-hydrogen) atoms. The normalized spacial score (nSPS) is 11.1. The Labute approximate surface area is 184 Å². The monoisotopic (exact) mass is 426 g/mol. The van der Waals surface area contributed by atoms with Gasteiger partial charge >= 0.3 is 0 Å². The molecule has 0 bridgehead atoms. The Kier molecular flexibility index (Phi) is 5.17. The first kappa shape index (κ1) is 19.6. The first-order chi connectivity index (χ1) is 15.7. The zero-order valence-electron chi connectivity index (χ0n) is 17.3. The van der Waals surface area contributed by atoms with Crippen LogP contribution in [-0.2, 0) is 6.54 Å². The van der Waals surface area contributed by atoms with E-state index in [0.717, 1.165) is 40.9 Å². The van der Waals surface area contributed by atoms with Crippen LogP contribution < -0.4 is 10.5 Å². The fourth-order valence-electron chi connectivity index (χ4n) is 3.75. The van der Waals surface area contributed by atoms with Gasteiger partial charge in [-0.1, -0.05) is 18.2 Å². The topological polar surface area (TPSA) is 104 Å². The van der Waals surface area contributed by atoms with Gasteiger partial charge in [0.1, 0.15) is 23.6 Å². The van der Waals surface area contributed by atoms with Crippen molar-refractivity contribution in [3.05, 3.63) is 79.8 Å². The van der Waals surface area contributed by atoms with Crippen LogP contribution in [0.25, 0.3) is 27.8 Å². The van der Waals surface area contributed by atoms with Crippen LogP contribution in [0.2, 0.25) is 0 Å². The number of imidazole rings is 1. The number of aromatic hydroxyl groups is 1. The van der Waals surface area contributed by atoms with Gasteiger partial charge < -0.3 is 24.7 Å². The maximum atomic E-state index is 9.95. The van der Waals surface area contributed by atoms with Gasteiger partial charge in [-0.15, -0.1) is 0 Å². The Morgan fingerprint density at radius 2 is 1.97 bits per heavy atom. The molecule has 8 nitrogen and oxygen atoms in total. The third-order valence-corrected chi connectivity index (χ3v) is 5.25. The first-order valence-corrected chi connectivity index (χ1v) is 10.3. The lowest BCUT2D eigenvalue weighted by Crippen LogP contribution is -2.03. The lowest BCUT2D eigenvalue weighted by atomic mass is 10.1. The lowest BCUT2D eigenvalue weighted by molar-refractivity contribution is 0.301. The molecule has 3 heterocycles. The summed E-state index contributed by atoms with van der Waals surface area (Å²) in [5.41, 5.74) is 9.48. The molecular weight excluding hydrogens is 404 g/mol. The highest BCUT2D eigenvalue weighted by Crippen LogP contribution is 2.35. The molecule has 0 amide bonds. The molecule has 0 spiro atoms. The maximum Gasteiger partial charge on any atom is 0.150 e. The lowest BCUT2D eigenvalue weighted by Gasteiger charge is -2.10. The van der Waals surface area contributed by atoms with E-state index in [1.807, 2.05) is 51.9 Å². The summed E-state index contributed by atoms with van der Waals surface area (Å²) < 4.78 is 9.96. The Morgan fingerprint density at radius 1 is 1.06 bits per heavy atom. The number of nitrogens with zero attached hydrogens (tertiary/aromatic N) is 5. The summed E-state index contributed by atoms with van der Waals surface area (Å²) in [4.78, 5) is 12.7. The van der Waals surface area contributed by atoms with Crippen LogP contribution in [0.3, 0.4) is 0 Å². The molecule has 0 aliphatic heterocycles. The van der Waals surface area contributed by atoms with Gasteiger partial charge in [-0.05, 0) is 36.2 Å². The molecule has 0 aliphatic rings. The zero-order chi connectivity index (χ0) is 21.9. The van der Waals surface area contributed by atoms with Crippen LogP contribution in [0, 0.1) is 0 Å². The third-order valence-electron chi connectivity index (χ3n) is 5.25. The summed E-state index contributed by atoms with van der Waals surface area (Å²) in [6, 6.07) is 14.9. The zero-order valence-corrected chi connectivity index (χ0v) is 17.3. The van der Waals surface area contributed by atoms with Crippen molar-refractivity contribution in [2.75, 3.05) is 12.3 Å². The van der Waals surface area contributed by atoms with E-state index in [1.165, 1.54) is 6.33 Å². The van der Waals surface area contributed by atoms with Gasteiger partial charge in [0.05, 0.1) is 24.0 Å². The number of nitrogen functional groups attached to an aromatic ring is 1. The van der Waals surface area contributed by atoms with Crippen LogP contribution >= 0.6 is 0 Å². The van der Waals surface area contributed by atoms with Gasteiger partial charge in [-0.25, -0.2) is 15.0 Å². The number of aryl methyl sites for hydroxylation is 1. The van der Waals surface area contributed by atoms with E-state index in [4.69, 9.17) is 10.5 Å². The largest absolute Gasteiger partial charge is 0.508 e. The van der Waals surface area contributed by atoms with E-state index in [-0.39, 0.29) is 5.75 Å². The number of phenolic OH excluding ortho intramolecular Hbond substituents is 1. The molecule has 0 aliphatic carbocycles. The highest BCUT2D eigenvalue weighted by atomic mass is 16.5. The highest BCUT2D eigenvalue weighted by Gasteiger charge is 2.16. The van der Waals surface area contributed by atoms with Crippen molar-refractivity contribution in [1.82, 2.24) is 24.1 Å². The van der Waals surface area contributed by atoms with Crippen molar-refractivity contribution in [2.24, 2.45) is 0 Å². The summed E-state index contributed by atoms with van der Waals surface area (Å²) >= 11 is 0. The van der Waals surface area contributed by atoms with Gasteiger partial charge in [-0.3, -0.25) is 0 Å². The second-order valence-corrected chi connectivity index (χ2v) is 7.42. The van der Waals surface area contributed by atoms with E-state index >= 15 is 0 Å². The smallest absolute Gasteiger partial charge is 0.150 e. The summed E-state index contributed by atoms with van der Waals surface area (Å²) in [5.74, 6) is 1.35. The molecule has 0 radical (unpaired) electrons. The average molecular weight is 426 g/mol. The Hall–Kier alpha value is -4.33. The number of phenols is 1. The number of benzene rings is 2. The standard InChI is InChI=1S/C24H22N6O2/c25-23-22-21(17-4-1-6-19(31)12-17)14-30(24(22)28-15-27-23)18-5-2-7-20(13-18)32-11-3-9-29-10-8-26-16-29/h1-2,4-8,10,12-16,31H,3,9,11H2,(H2,25,27,28). The maximum absolute atomic E-state index is 9.95. The average Bonchev–Trinajstić information content (AvgIpc) is 3.46.